The summed E-state index contributed by atoms with van der Waals surface area (Å²) in [6.07, 6.45) is 7.18. The van der Waals surface area contributed by atoms with Crippen LogP contribution in [0.5, 0.6) is 0 Å². The molecular formula is C18H22N4O2. The van der Waals surface area contributed by atoms with Gasteiger partial charge in [0.05, 0.1) is 19.2 Å². The number of H-pyrrole nitrogens is 1. The first-order chi connectivity index (χ1) is 11.6. The summed E-state index contributed by atoms with van der Waals surface area (Å²) < 4.78 is 0. The number of benzene rings is 1. The molecule has 0 spiro atoms. The van der Waals surface area contributed by atoms with Gasteiger partial charge >= 0.3 is 0 Å². The fourth-order valence-electron chi connectivity index (χ4n) is 3.82. The summed E-state index contributed by atoms with van der Waals surface area (Å²) in [4.78, 5) is 14.3. The zero-order valence-corrected chi connectivity index (χ0v) is 13.7. The third kappa shape index (κ3) is 2.82. The lowest BCUT2D eigenvalue weighted by molar-refractivity contribution is -0.130. The quantitative estimate of drug-likeness (QED) is 0.892. The number of aliphatic hydroxyl groups is 1. The van der Waals surface area contributed by atoms with Crippen molar-refractivity contribution < 1.29 is 9.90 Å². The van der Waals surface area contributed by atoms with Gasteiger partial charge in [-0.1, -0.05) is 18.2 Å². The highest BCUT2D eigenvalue weighted by molar-refractivity contribution is 5.79. The SMILES string of the molecule is O=C(Cc1ccc2c(c1)CCCC2)N1CC[C@](O)(c2cn[nH]n2)C1. The van der Waals surface area contributed by atoms with Gasteiger partial charge in [-0.15, -0.1) is 0 Å². The van der Waals surface area contributed by atoms with Crippen molar-refractivity contribution in [2.45, 2.75) is 44.1 Å². The molecule has 2 heterocycles. The zero-order valence-electron chi connectivity index (χ0n) is 13.7. The number of hydrogen-bond acceptors (Lipinski definition) is 4. The van der Waals surface area contributed by atoms with Crippen LogP contribution in [0.4, 0.5) is 0 Å². The first kappa shape index (κ1) is 15.3. The van der Waals surface area contributed by atoms with E-state index in [2.05, 4.69) is 33.6 Å². The van der Waals surface area contributed by atoms with E-state index in [0.717, 1.165) is 18.4 Å². The maximum Gasteiger partial charge on any atom is 0.227 e. The molecule has 1 fully saturated rings. The van der Waals surface area contributed by atoms with Crippen LogP contribution < -0.4 is 0 Å². The normalized spacial score (nSPS) is 23.3. The van der Waals surface area contributed by atoms with Gasteiger partial charge in [0.25, 0.3) is 0 Å². The summed E-state index contributed by atoms with van der Waals surface area (Å²) in [5.41, 5.74) is 3.31. The molecule has 1 atom stereocenters. The van der Waals surface area contributed by atoms with Crippen LogP contribution >= 0.6 is 0 Å². The van der Waals surface area contributed by atoms with Gasteiger partial charge in [0.1, 0.15) is 11.3 Å². The van der Waals surface area contributed by atoms with Crippen molar-refractivity contribution >= 4 is 5.91 Å². The Morgan fingerprint density at radius 2 is 2.12 bits per heavy atom. The minimum atomic E-state index is -1.08. The van der Waals surface area contributed by atoms with Gasteiger partial charge in [0.2, 0.25) is 5.91 Å². The molecule has 2 aliphatic rings. The second-order valence-corrected chi connectivity index (χ2v) is 6.94. The molecule has 2 N–H and O–H groups in total. The number of amides is 1. The van der Waals surface area contributed by atoms with E-state index < -0.39 is 5.60 Å². The largest absolute Gasteiger partial charge is 0.381 e. The minimum Gasteiger partial charge on any atom is -0.381 e. The van der Waals surface area contributed by atoms with Gasteiger partial charge in [-0.25, -0.2) is 0 Å². The molecule has 1 aliphatic heterocycles. The Bertz CT molecular complexity index is 743. The van der Waals surface area contributed by atoms with Gasteiger partial charge in [0, 0.05) is 13.0 Å². The molecule has 0 bridgehead atoms. The maximum absolute atomic E-state index is 12.6. The number of nitrogens with zero attached hydrogens (tertiary/aromatic N) is 3. The molecule has 1 aliphatic carbocycles. The third-order valence-electron chi connectivity index (χ3n) is 5.26. The number of carbonyl (C=O) groups is 1. The Balaban J connectivity index is 1.44. The van der Waals surface area contributed by atoms with Crippen molar-refractivity contribution in [3.8, 4) is 0 Å². The Morgan fingerprint density at radius 3 is 2.92 bits per heavy atom. The summed E-state index contributed by atoms with van der Waals surface area (Å²) in [6.45, 7) is 0.830. The predicted molar refractivity (Wildman–Crippen MR) is 88.3 cm³/mol. The zero-order chi connectivity index (χ0) is 16.6. The standard InChI is InChI=1S/C18H22N4O2/c23-17(10-13-5-6-14-3-1-2-4-15(14)9-13)22-8-7-18(24,12-22)16-11-19-21-20-16/h5-6,9,11,24H,1-4,7-8,10,12H2,(H,19,20,21)/t18-/m1/s1. The molecule has 0 unspecified atom stereocenters. The monoisotopic (exact) mass is 326 g/mol. The van der Waals surface area contributed by atoms with Crippen LogP contribution in [-0.4, -0.2) is 44.4 Å². The van der Waals surface area contributed by atoms with Crippen LogP contribution in [0.3, 0.4) is 0 Å². The third-order valence-corrected chi connectivity index (χ3v) is 5.26. The second-order valence-electron chi connectivity index (χ2n) is 6.94. The fourth-order valence-corrected chi connectivity index (χ4v) is 3.82. The number of β-amino-alcohol motifs (C(OH)–C–C–N with tert-alkyl or cyclic N) is 1. The Morgan fingerprint density at radius 1 is 1.29 bits per heavy atom. The molecule has 1 aromatic heterocycles. The molecular weight excluding hydrogens is 304 g/mol. The molecule has 0 saturated carbocycles. The fraction of sp³-hybridized carbons (Fsp3) is 0.500. The lowest BCUT2D eigenvalue weighted by atomic mass is 9.90. The van der Waals surface area contributed by atoms with Crippen LogP contribution in [0, 0.1) is 0 Å². The van der Waals surface area contributed by atoms with Crippen molar-refractivity contribution in [1.82, 2.24) is 20.3 Å². The maximum atomic E-state index is 12.6. The van der Waals surface area contributed by atoms with E-state index in [-0.39, 0.29) is 12.5 Å². The molecule has 1 saturated heterocycles. The minimum absolute atomic E-state index is 0.0604. The molecule has 126 valence electrons. The van der Waals surface area contributed by atoms with Crippen LogP contribution in [0.2, 0.25) is 0 Å². The van der Waals surface area contributed by atoms with Gasteiger partial charge in [-0.2, -0.15) is 15.4 Å². The molecule has 6 heteroatoms. The highest BCUT2D eigenvalue weighted by Crippen LogP contribution is 2.30. The predicted octanol–water partition coefficient (Wildman–Crippen LogP) is 1.35. The van der Waals surface area contributed by atoms with E-state index in [1.165, 1.54) is 30.2 Å². The van der Waals surface area contributed by atoms with Crippen molar-refractivity contribution in [3.05, 3.63) is 46.8 Å². The molecule has 1 aromatic carbocycles. The van der Waals surface area contributed by atoms with Gasteiger partial charge < -0.3 is 10.0 Å². The summed E-state index contributed by atoms with van der Waals surface area (Å²) in [5, 5.41) is 20.9. The average Bonchev–Trinajstić information content (AvgIpc) is 3.25. The van der Waals surface area contributed by atoms with E-state index in [9.17, 15) is 9.90 Å². The lowest BCUT2D eigenvalue weighted by Gasteiger charge is -2.21. The van der Waals surface area contributed by atoms with E-state index in [1.807, 2.05) is 0 Å². The summed E-state index contributed by atoms with van der Waals surface area (Å²) in [5.74, 6) is 0.0604. The van der Waals surface area contributed by atoms with Gasteiger partial charge in [-0.05, 0) is 42.4 Å². The van der Waals surface area contributed by atoms with Gasteiger partial charge in [-0.3, -0.25) is 4.79 Å². The van der Waals surface area contributed by atoms with Crippen molar-refractivity contribution in [2.24, 2.45) is 0 Å². The first-order valence-electron chi connectivity index (χ1n) is 8.61. The topological polar surface area (TPSA) is 82.1 Å². The van der Waals surface area contributed by atoms with Crippen LogP contribution in [0.1, 0.15) is 41.6 Å². The van der Waals surface area contributed by atoms with Crippen LogP contribution in [0.15, 0.2) is 24.4 Å². The van der Waals surface area contributed by atoms with Crippen molar-refractivity contribution in [1.29, 1.82) is 0 Å². The highest BCUT2D eigenvalue weighted by Gasteiger charge is 2.41. The summed E-state index contributed by atoms with van der Waals surface area (Å²) >= 11 is 0. The molecule has 0 radical (unpaired) electrons. The number of aromatic amines is 1. The van der Waals surface area contributed by atoms with Gasteiger partial charge in [0.15, 0.2) is 0 Å². The number of fused-ring (bicyclic) bond motifs is 1. The number of aromatic nitrogens is 3. The first-order valence-corrected chi connectivity index (χ1v) is 8.61. The van der Waals surface area contributed by atoms with Crippen molar-refractivity contribution in [2.75, 3.05) is 13.1 Å². The highest BCUT2D eigenvalue weighted by atomic mass is 16.3. The Labute approximate surface area is 140 Å². The van der Waals surface area contributed by atoms with Crippen LogP contribution in [-0.2, 0) is 29.7 Å². The van der Waals surface area contributed by atoms with E-state index in [4.69, 9.17) is 0 Å². The number of nitrogens with one attached hydrogen (secondary N) is 1. The number of aryl methyl sites for hydroxylation is 2. The second kappa shape index (κ2) is 6.02. The number of rotatable bonds is 3. The summed E-state index contributed by atoms with van der Waals surface area (Å²) in [6, 6.07) is 6.43. The summed E-state index contributed by atoms with van der Waals surface area (Å²) in [7, 11) is 0. The molecule has 1 amide bonds. The lowest BCUT2D eigenvalue weighted by Crippen LogP contribution is -2.35. The van der Waals surface area contributed by atoms with E-state index in [1.54, 1.807) is 4.90 Å². The van der Waals surface area contributed by atoms with Crippen LogP contribution in [0.25, 0.3) is 0 Å². The molecule has 2 aromatic rings. The Kier molecular flexibility index (Phi) is 3.84. The van der Waals surface area contributed by atoms with Crippen molar-refractivity contribution in [3.63, 3.8) is 0 Å². The molecule has 6 nitrogen and oxygen atoms in total. The Hall–Kier alpha value is -2.21. The van der Waals surface area contributed by atoms with E-state index in [0.29, 0.717) is 25.1 Å². The smallest absolute Gasteiger partial charge is 0.227 e. The molecule has 24 heavy (non-hydrogen) atoms. The number of likely N-dealkylation sites (tertiary alicyclic amines) is 1. The molecule has 4 rings (SSSR count). The van der Waals surface area contributed by atoms with E-state index >= 15 is 0 Å². The number of carbonyl (C=O) groups excluding carboxylic acids is 1. The number of hydrogen-bond donors (Lipinski definition) is 2. The average molecular weight is 326 g/mol.